The number of fused-ring (bicyclic) bond motifs is 2. The molecule has 3 aromatic rings. The van der Waals surface area contributed by atoms with Gasteiger partial charge in [-0.2, -0.15) is 10.2 Å². The number of H-pyrrole nitrogens is 1. The summed E-state index contributed by atoms with van der Waals surface area (Å²) in [6, 6.07) is 7.72. The highest BCUT2D eigenvalue weighted by molar-refractivity contribution is 5.99. The van der Waals surface area contributed by atoms with Gasteiger partial charge in [-0.15, -0.1) is 0 Å². The first-order valence-corrected chi connectivity index (χ1v) is 11.3. The van der Waals surface area contributed by atoms with Crippen LogP contribution in [0, 0.1) is 11.8 Å². The minimum atomic E-state index is -0.337. The maximum absolute atomic E-state index is 12.7. The largest absolute Gasteiger partial charge is 0.490 e. The number of carbonyl (C=O) groups excluding carboxylic acids is 1. The molecule has 3 fully saturated rings. The van der Waals surface area contributed by atoms with Crippen LogP contribution < -0.4 is 16.0 Å². The van der Waals surface area contributed by atoms with Gasteiger partial charge in [-0.3, -0.25) is 14.3 Å². The number of hydrogen-bond donors (Lipinski definition) is 2. The molecule has 2 aromatic heterocycles. The zero-order valence-corrected chi connectivity index (χ0v) is 17.7. The minimum absolute atomic E-state index is 0.0930. The lowest BCUT2D eigenvalue weighted by Gasteiger charge is -2.30. The molecular formula is C23H26N6O3. The smallest absolute Gasteiger partial charge is 0.290 e. The number of aromatic amines is 1. The van der Waals surface area contributed by atoms with Crippen LogP contribution in [0.15, 0.2) is 29.1 Å². The fourth-order valence-corrected chi connectivity index (χ4v) is 5.50. The fraction of sp³-hybridized carbons (Fsp3) is 0.478. The molecule has 1 amide bonds. The number of rotatable bonds is 5. The second-order valence-electron chi connectivity index (χ2n) is 9.34. The van der Waals surface area contributed by atoms with E-state index in [0.29, 0.717) is 29.2 Å². The Bertz CT molecular complexity index is 1220. The molecule has 9 nitrogen and oxygen atoms in total. The standard InChI is InChI=1S/C23H26N6O3/c24-22-19-20(13-3-5-17(6-4-13)32-18-9-14-8-15(14)10-18)27-29(21(19)23(31)26-25-22)16-2-1-7-28(11-16)12-30/h3-6,12,14-16,18H,1-2,7-11H2,(H2,24,25)(H,26,31)/t14?,15?,16-,18?/m1/s1. The molecule has 166 valence electrons. The van der Waals surface area contributed by atoms with E-state index in [1.807, 2.05) is 24.3 Å². The number of carbonyl (C=O) groups is 1. The number of benzene rings is 1. The molecule has 1 aliphatic heterocycles. The van der Waals surface area contributed by atoms with Gasteiger partial charge < -0.3 is 15.4 Å². The number of nitrogen functional groups attached to an aromatic ring is 1. The Morgan fingerprint density at radius 2 is 1.94 bits per heavy atom. The number of nitrogens with one attached hydrogen (secondary N) is 1. The first kappa shape index (κ1) is 19.3. The number of aromatic nitrogens is 4. The van der Waals surface area contributed by atoms with Crippen molar-refractivity contribution in [1.82, 2.24) is 24.9 Å². The zero-order chi connectivity index (χ0) is 21.8. The number of ether oxygens (including phenoxy) is 1. The van der Waals surface area contributed by atoms with Gasteiger partial charge in [0.05, 0.1) is 17.5 Å². The molecule has 0 spiro atoms. The Morgan fingerprint density at radius 1 is 1.16 bits per heavy atom. The van der Waals surface area contributed by atoms with Crippen molar-refractivity contribution >= 4 is 23.1 Å². The van der Waals surface area contributed by atoms with Gasteiger partial charge in [0.1, 0.15) is 17.0 Å². The maximum Gasteiger partial charge on any atom is 0.290 e. The van der Waals surface area contributed by atoms with Crippen molar-refractivity contribution in [3.05, 3.63) is 34.6 Å². The van der Waals surface area contributed by atoms with Crippen LogP contribution in [-0.4, -0.2) is 50.5 Å². The predicted octanol–water partition coefficient (Wildman–Crippen LogP) is 2.34. The minimum Gasteiger partial charge on any atom is -0.490 e. The summed E-state index contributed by atoms with van der Waals surface area (Å²) in [5.74, 6) is 2.83. The van der Waals surface area contributed by atoms with Crippen molar-refractivity contribution in [1.29, 1.82) is 0 Å². The third-order valence-electron chi connectivity index (χ3n) is 7.21. The summed E-state index contributed by atoms with van der Waals surface area (Å²) in [6.45, 7) is 1.23. The molecule has 0 radical (unpaired) electrons. The second-order valence-corrected chi connectivity index (χ2v) is 9.34. The van der Waals surface area contributed by atoms with Gasteiger partial charge in [0.25, 0.3) is 5.56 Å². The Morgan fingerprint density at radius 3 is 2.69 bits per heavy atom. The molecular weight excluding hydrogens is 408 g/mol. The van der Waals surface area contributed by atoms with Crippen LogP contribution in [0.3, 0.4) is 0 Å². The molecule has 1 aromatic carbocycles. The molecule has 3 aliphatic rings. The number of piperidine rings is 1. The van der Waals surface area contributed by atoms with Crippen molar-refractivity contribution < 1.29 is 9.53 Å². The molecule has 1 saturated heterocycles. The monoisotopic (exact) mass is 434 g/mol. The molecule has 3 N–H and O–H groups in total. The van der Waals surface area contributed by atoms with E-state index < -0.39 is 0 Å². The summed E-state index contributed by atoms with van der Waals surface area (Å²) in [4.78, 5) is 25.8. The van der Waals surface area contributed by atoms with Crippen LogP contribution in [0.1, 0.15) is 38.1 Å². The lowest BCUT2D eigenvalue weighted by molar-refractivity contribution is -0.119. The zero-order valence-electron chi connectivity index (χ0n) is 17.7. The van der Waals surface area contributed by atoms with Crippen molar-refractivity contribution in [2.24, 2.45) is 11.8 Å². The molecule has 3 heterocycles. The summed E-state index contributed by atoms with van der Waals surface area (Å²) in [7, 11) is 0. The second kappa shape index (κ2) is 7.36. The number of anilines is 1. The van der Waals surface area contributed by atoms with Gasteiger partial charge in [-0.05, 0) is 68.2 Å². The van der Waals surface area contributed by atoms with Crippen LogP contribution in [-0.2, 0) is 4.79 Å². The first-order valence-electron chi connectivity index (χ1n) is 11.3. The average Bonchev–Trinajstić information content (AvgIpc) is 3.23. The van der Waals surface area contributed by atoms with E-state index in [-0.39, 0.29) is 17.4 Å². The SMILES string of the molecule is Nc1n[nH]c(=O)c2c1c(-c1ccc(OC3CC4CC4C3)cc1)nn2[C@@H]1CCCN(C=O)C1. The molecule has 9 heteroatoms. The van der Waals surface area contributed by atoms with Gasteiger partial charge in [0, 0.05) is 18.7 Å². The summed E-state index contributed by atoms with van der Waals surface area (Å²) < 4.78 is 7.89. The number of likely N-dealkylation sites (tertiary alicyclic amines) is 1. The Labute approximate surface area is 184 Å². The number of amides is 1. The fourth-order valence-electron chi connectivity index (χ4n) is 5.50. The van der Waals surface area contributed by atoms with Gasteiger partial charge in [-0.25, -0.2) is 5.10 Å². The van der Waals surface area contributed by atoms with Crippen molar-refractivity contribution in [2.75, 3.05) is 18.8 Å². The molecule has 3 atom stereocenters. The predicted molar refractivity (Wildman–Crippen MR) is 119 cm³/mol. The third-order valence-corrected chi connectivity index (χ3v) is 7.21. The van der Waals surface area contributed by atoms with E-state index in [2.05, 4.69) is 10.2 Å². The van der Waals surface area contributed by atoms with Gasteiger partial charge >= 0.3 is 0 Å². The number of hydrogen-bond acceptors (Lipinski definition) is 6. The summed E-state index contributed by atoms with van der Waals surface area (Å²) in [5, 5.41) is 11.8. The van der Waals surface area contributed by atoms with Gasteiger partial charge in [0.15, 0.2) is 5.82 Å². The van der Waals surface area contributed by atoms with E-state index in [1.165, 1.54) is 6.42 Å². The van der Waals surface area contributed by atoms with E-state index in [9.17, 15) is 9.59 Å². The van der Waals surface area contributed by atoms with E-state index in [4.69, 9.17) is 15.6 Å². The molecule has 2 unspecified atom stereocenters. The highest BCUT2D eigenvalue weighted by atomic mass is 16.5. The average molecular weight is 435 g/mol. The van der Waals surface area contributed by atoms with E-state index in [0.717, 1.165) is 61.8 Å². The van der Waals surface area contributed by atoms with Crippen molar-refractivity contribution in [3.63, 3.8) is 0 Å². The lowest BCUT2D eigenvalue weighted by atomic mass is 10.1. The molecule has 2 saturated carbocycles. The Hall–Kier alpha value is -3.36. The number of nitrogens with zero attached hydrogens (tertiary/aromatic N) is 4. The highest BCUT2D eigenvalue weighted by Crippen LogP contribution is 2.52. The molecule has 0 bridgehead atoms. The van der Waals surface area contributed by atoms with Crippen LogP contribution >= 0.6 is 0 Å². The summed E-state index contributed by atoms with van der Waals surface area (Å²) >= 11 is 0. The summed E-state index contributed by atoms with van der Waals surface area (Å²) in [5.41, 5.74) is 7.71. The van der Waals surface area contributed by atoms with Crippen LogP contribution in [0.2, 0.25) is 0 Å². The van der Waals surface area contributed by atoms with Crippen molar-refractivity contribution in [3.8, 4) is 17.0 Å². The first-order chi connectivity index (χ1) is 15.6. The van der Waals surface area contributed by atoms with E-state index in [1.54, 1.807) is 9.58 Å². The normalized spacial score (nSPS) is 26.8. The number of nitrogens with two attached hydrogens (primary N) is 1. The summed E-state index contributed by atoms with van der Waals surface area (Å²) in [6.07, 6.45) is 6.54. The Balaban J connectivity index is 1.36. The van der Waals surface area contributed by atoms with Gasteiger partial charge in [0.2, 0.25) is 6.41 Å². The topological polar surface area (TPSA) is 119 Å². The quantitative estimate of drug-likeness (QED) is 0.595. The molecule has 32 heavy (non-hydrogen) atoms. The van der Waals surface area contributed by atoms with Crippen LogP contribution in [0.5, 0.6) is 5.75 Å². The van der Waals surface area contributed by atoms with Crippen molar-refractivity contribution in [2.45, 2.75) is 44.2 Å². The van der Waals surface area contributed by atoms with E-state index >= 15 is 0 Å². The highest BCUT2D eigenvalue weighted by Gasteiger charge is 2.46. The lowest BCUT2D eigenvalue weighted by Crippen LogP contribution is -2.36. The van der Waals surface area contributed by atoms with Crippen LogP contribution in [0.4, 0.5) is 5.82 Å². The van der Waals surface area contributed by atoms with Crippen LogP contribution in [0.25, 0.3) is 22.2 Å². The third kappa shape index (κ3) is 3.23. The Kier molecular flexibility index (Phi) is 4.44. The van der Waals surface area contributed by atoms with Gasteiger partial charge in [-0.1, -0.05) is 0 Å². The molecule has 2 aliphatic carbocycles. The maximum atomic E-state index is 12.7. The molecule has 6 rings (SSSR count).